The number of aliphatic carboxylic acids is 1. The van der Waals surface area contributed by atoms with E-state index in [2.05, 4.69) is 17.1 Å². The van der Waals surface area contributed by atoms with E-state index in [1.807, 2.05) is 30.4 Å². The van der Waals surface area contributed by atoms with E-state index >= 15 is 0 Å². The zero-order chi connectivity index (χ0) is 16.5. The molecule has 4 nitrogen and oxygen atoms in total. The Balaban J connectivity index is 1.84. The maximum absolute atomic E-state index is 12.6. The SMILES string of the molecule is O=C(O)CCCCCC(=O)C1(CCc2ccccc2)C=CC=N1. The number of aryl methyl sites for hydroxylation is 1. The number of hydrogen-bond donors (Lipinski definition) is 1. The first-order chi connectivity index (χ1) is 11.1. The van der Waals surface area contributed by atoms with Crippen LogP contribution in [0.15, 0.2) is 47.5 Å². The van der Waals surface area contributed by atoms with Crippen molar-refractivity contribution in [3.63, 3.8) is 0 Å². The summed E-state index contributed by atoms with van der Waals surface area (Å²) in [6, 6.07) is 10.1. The Kier molecular flexibility index (Phi) is 6.27. The summed E-state index contributed by atoms with van der Waals surface area (Å²) in [5.74, 6) is -0.646. The molecule has 1 N–H and O–H groups in total. The zero-order valence-corrected chi connectivity index (χ0v) is 13.3. The van der Waals surface area contributed by atoms with Crippen molar-refractivity contribution in [3.05, 3.63) is 48.0 Å². The van der Waals surface area contributed by atoms with E-state index in [1.54, 1.807) is 6.21 Å². The second-order valence-corrected chi connectivity index (χ2v) is 5.92. The Morgan fingerprint density at radius 2 is 1.78 bits per heavy atom. The smallest absolute Gasteiger partial charge is 0.303 e. The molecule has 0 aliphatic carbocycles. The average molecular weight is 313 g/mol. The molecular formula is C19H23NO3. The zero-order valence-electron chi connectivity index (χ0n) is 13.3. The highest BCUT2D eigenvalue weighted by Crippen LogP contribution is 2.27. The molecule has 4 heteroatoms. The van der Waals surface area contributed by atoms with E-state index in [1.165, 1.54) is 5.56 Å². The number of carboxylic acid groups (broad SMARTS) is 1. The molecule has 0 saturated heterocycles. The molecule has 122 valence electrons. The standard InChI is InChI=1S/C19H23NO3/c21-17(10-5-2-6-11-18(22)23)19(13-7-15-20-19)14-12-16-8-3-1-4-9-16/h1,3-4,7-9,13,15H,2,5-6,10-12,14H2,(H,22,23). The normalized spacial score (nSPS) is 19.1. The highest BCUT2D eigenvalue weighted by Gasteiger charge is 2.35. The van der Waals surface area contributed by atoms with Gasteiger partial charge in [-0.3, -0.25) is 14.6 Å². The molecule has 23 heavy (non-hydrogen) atoms. The van der Waals surface area contributed by atoms with Crippen LogP contribution in [0.2, 0.25) is 0 Å². The molecule has 0 bridgehead atoms. The van der Waals surface area contributed by atoms with Gasteiger partial charge in [-0.25, -0.2) is 0 Å². The lowest BCUT2D eigenvalue weighted by Crippen LogP contribution is -2.34. The Morgan fingerprint density at radius 3 is 2.43 bits per heavy atom. The first kappa shape index (κ1) is 17.1. The van der Waals surface area contributed by atoms with Gasteiger partial charge in [0.2, 0.25) is 0 Å². The number of carboxylic acids is 1. The van der Waals surface area contributed by atoms with Crippen LogP contribution >= 0.6 is 0 Å². The number of ketones is 1. The first-order valence-electron chi connectivity index (χ1n) is 8.14. The minimum absolute atomic E-state index is 0.133. The number of Topliss-reactive ketones (excluding diaryl/α,β-unsaturated/α-hetero) is 1. The predicted octanol–water partition coefficient (Wildman–Crippen LogP) is 3.60. The lowest BCUT2D eigenvalue weighted by atomic mass is 9.86. The highest BCUT2D eigenvalue weighted by molar-refractivity contribution is 5.95. The highest BCUT2D eigenvalue weighted by atomic mass is 16.4. The van der Waals surface area contributed by atoms with Crippen LogP contribution in [-0.4, -0.2) is 28.6 Å². The van der Waals surface area contributed by atoms with Crippen molar-refractivity contribution >= 4 is 18.0 Å². The van der Waals surface area contributed by atoms with Crippen LogP contribution in [0.4, 0.5) is 0 Å². The number of allylic oxidation sites excluding steroid dienone is 1. The van der Waals surface area contributed by atoms with Gasteiger partial charge in [0, 0.05) is 19.1 Å². The number of benzene rings is 1. The van der Waals surface area contributed by atoms with E-state index < -0.39 is 11.5 Å². The van der Waals surface area contributed by atoms with E-state index in [0.717, 1.165) is 19.3 Å². The van der Waals surface area contributed by atoms with Gasteiger partial charge in [-0.2, -0.15) is 0 Å². The molecule has 1 heterocycles. The number of carbonyl (C=O) groups excluding carboxylic acids is 1. The maximum Gasteiger partial charge on any atom is 0.303 e. The molecule has 0 saturated carbocycles. The van der Waals surface area contributed by atoms with Crippen LogP contribution < -0.4 is 0 Å². The van der Waals surface area contributed by atoms with Crippen LogP contribution in [0.3, 0.4) is 0 Å². The van der Waals surface area contributed by atoms with Crippen molar-refractivity contribution in [2.24, 2.45) is 4.99 Å². The summed E-state index contributed by atoms with van der Waals surface area (Å²) >= 11 is 0. The average Bonchev–Trinajstić information content (AvgIpc) is 3.03. The minimum Gasteiger partial charge on any atom is -0.481 e. The fraction of sp³-hybridized carbons (Fsp3) is 0.421. The fourth-order valence-electron chi connectivity index (χ4n) is 2.81. The molecule has 1 unspecified atom stereocenters. The van der Waals surface area contributed by atoms with Crippen molar-refractivity contribution in [1.82, 2.24) is 0 Å². The van der Waals surface area contributed by atoms with Gasteiger partial charge in [0.1, 0.15) is 5.54 Å². The molecule has 0 spiro atoms. The van der Waals surface area contributed by atoms with Crippen LogP contribution in [0.5, 0.6) is 0 Å². The van der Waals surface area contributed by atoms with Gasteiger partial charge in [0.15, 0.2) is 5.78 Å². The summed E-state index contributed by atoms with van der Waals surface area (Å²) in [5.41, 5.74) is 0.486. The number of nitrogens with zero attached hydrogens (tertiary/aromatic N) is 1. The third-order valence-corrected chi connectivity index (χ3v) is 4.18. The van der Waals surface area contributed by atoms with Crippen LogP contribution in [0.1, 0.15) is 44.1 Å². The van der Waals surface area contributed by atoms with Gasteiger partial charge in [-0.15, -0.1) is 0 Å². The summed E-state index contributed by atoms with van der Waals surface area (Å²) in [6.45, 7) is 0. The molecule has 0 aromatic heterocycles. The molecule has 1 atom stereocenters. The van der Waals surface area contributed by atoms with E-state index in [-0.39, 0.29) is 12.2 Å². The molecule has 1 aliphatic heterocycles. The molecule has 0 fully saturated rings. The van der Waals surface area contributed by atoms with E-state index in [9.17, 15) is 9.59 Å². The fourth-order valence-corrected chi connectivity index (χ4v) is 2.81. The summed E-state index contributed by atoms with van der Waals surface area (Å²) < 4.78 is 0. The number of rotatable bonds is 10. The summed E-state index contributed by atoms with van der Waals surface area (Å²) in [6.07, 6.45) is 9.67. The molecule has 1 aromatic rings. The second-order valence-electron chi connectivity index (χ2n) is 5.92. The third-order valence-electron chi connectivity index (χ3n) is 4.18. The van der Waals surface area contributed by atoms with Crippen molar-refractivity contribution in [2.75, 3.05) is 0 Å². The van der Waals surface area contributed by atoms with E-state index in [0.29, 0.717) is 19.3 Å². The Hall–Kier alpha value is -2.23. The van der Waals surface area contributed by atoms with Crippen LogP contribution in [-0.2, 0) is 16.0 Å². The predicted molar refractivity (Wildman–Crippen MR) is 90.9 cm³/mol. The monoisotopic (exact) mass is 313 g/mol. The van der Waals surface area contributed by atoms with Crippen LogP contribution in [0, 0.1) is 0 Å². The van der Waals surface area contributed by atoms with Crippen LogP contribution in [0.25, 0.3) is 0 Å². The van der Waals surface area contributed by atoms with Gasteiger partial charge in [0.25, 0.3) is 0 Å². The molecule has 2 rings (SSSR count). The van der Waals surface area contributed by atoms with Gasteiger partial charge >= 0.3 is 5.97 Å². The number of carbonyl (C=O) groups is 2. The Morgan fingerprint density at radius 1 is 1.04 bits per heavy atom. The Labute approximate surface area is 136 Å². The van der Waals surface area contributed by atoms with Gasteiger partial charge < -0.3 is 5.11 Å². The van der Waals surface area contributed by atoms with E-state index in [4.69, 9.17) is 5.11 Å². The molecule has 1 aromatic carbocycles. The van der Waals surface area contributed by atoms with Crippen molar-refractivity contribution in [2.45, 2.75) is 50.5 Å². The quantitative estimate of drug-likeness (QED) is 0.671. The first-order valence-corrected chi connectivity index (χ1v) is 8.14. The molecule has 0 amide bonds. The Bertz CT molecular complexity index is 578. The summed E-state index contributed by atoms with van der Waals surface area (Å²) in [7, 11) is 0. The van der Waals surface area contributed by atoms with Gasteiger partial charge in [0.05, 0.1) is 0 Å². The van der Waals surface area contributed by atoms with Gasteiger partial charge in [-0.05, 0) is 43.4 Å². The summed E-state index contributed by atoms with van der Waals surface area (Å²) in [5, 5.41) is 8.62. The van der Waals surface area contributed by atoms with Crippen molar-refractivity contribution < 1.29 is 14.7 Å². The molecule has 1 aliphatic rings. The third kappa shape index (κ3) is 5.16. The lowest BCUT2D eigenvalue weighted by Gasteiger charge is -2.23. The second kappa shape index (κ2) is 8.42. The van der Waals surface area contributed by atoms with Crippen molar-refractivity contribution in [3.8, 4) is 0 Å². The summed E-state index contributed by atoms with van der Waals surface area (Å²) in [4.78, 5) is 27.5. The molecular weight excluding hydrogens is 290 g/mol. The number of unbranched alkanes of at least 4 members (excludes halogenated alkanes) is 2. The topological polar surface area (TPSA) is 66.7 Å². The maximum atomic E-state index is 12.6. The largest absolute Gasteiger partial charge is 0.481 e. The van der Waals surface area contributed by atoms with Crippen molar-refractivity contribution in [1.29, 1.82) is 0 Å². The lowest BCUT2D eigenvalue weighted by molar-refractivity contribution is -0.137. The number of hydrogen-bond acceptors (Lipinski definition) is 3. The number of aliphatic imine (C=N–C) groups is 1. The minimum atomic E-state index is -0.779. The van der Waals surface area contributed by atoms with Gasteiger partial charge in [-0.1, -0.05) is 36.8 Å². The molecule has 0 radical (unpaired) electrons.